The second kappa shape index (κ2) is 6.23. The normalized spacial score (nSPS) is 27.7. The minimum Gasteiger partial charge on any atom is -0.298 e. The van der Waals surface area contributed by atoms with Gasteiger partial charge in [-0.15, -0.1) is 0 Å². The summed E-state index contributed by atoms with van der Waals surface area (Å²) in [5.74, 6) is -0.0555. The second-order valence-electron chi connectivity index (χ2n) is 6.19. The lowest BCUT2D eigenvalue weighted by Gasteiger charge is -2.43. The molecule has 2 atom stereocenters. The molecular weight excluding hydrogens is 251 g/mol. The van der Waals surface area contributed by atoms with Gasteiger partial charge in [0.1, 0.15) is 5.82 Å². The fraction of sp³-hybridized carbons (Fsp3) is 0.647. The predicted molar refractivity (Wildman–Crippen MR) is 80.4 cm³/mol. The summed E-state index contributed by atoms with van der Waals surface area (Å²) in [6.45, 7) is 6.93. The summed E-state index contributed by atoms with van der Waals surface area (Å²) in [4.78, 5) is 5.26. The van der Waals surface area contributed by atoms with Crippen molar-refractivity contribution in [2.45, 2.75) is 44.7 Å². The van der Waals surface area contributed by atoms with Crippen LogP contribution in [0.25, 0.3) is 0 Å². The van der Waals surface area contributed by atoms with E-state index in [4.69, 9.17) is 0 Å². The third-order valence-electron chi connectivity index (χ3n) is 5.00. The molecule has 0 aromatic heterocycles. The SMILES string of the molecule is CCC1CN2CCCC2CN1CCc1ccccc1F. The van der Waals surface area contributed by atoms with Gasteiger partial charge in [0.05, 0.1) is 0 Å². The lowest BCUT2D eigenvalue weighted by atomic mass is 10.0. The van der Waals surface area contributed by atoms with Gasteiger partial charge >= 0.3 is 0 Å². The molecule has 3 heteroatoms. The van der Waals surface area contributed by atoms with Crippen LogP contribution in [0.2, 0.25) is 0 Å². The molecule has 2 aliphatic rings. The standard InChI is InChI=1S/C17H25FN2/c1-2-15-12-19-10-5-7-16(19)13-20(15)11-9-14-6-3-4-8-17(14)18/h3-4,6,8,15-16H,2,5,7,9-13H2,1H3. The molecule has 20 heavy (non-hydrogen) atoms. The van der Waals surface area contributed by atoms with E-state index >= 15 is 0 Å². The Bertz CT molecular complexity index is 448. The molecule has 0 spiro atoms. The van der Waals surface area contributed by atoms with Crippen LogP contribution in [0.1, 0.15) is 31.7 Å². The fourth-order valence-corrected chi connectivity index (χ4v) is 3.77. The molecule has 2 fully saturated rings. The zero-order chi connectivity index (χ0) is 13.9. The first kappa shape index (κ1) is 14.0. The average molecular weight is 276 g/mol. The molecule has 0 amide bonds. The van der Waals surface area contributed by atoms with Gasteiger partial charge < -0.3 is 0 Å². The van der Waals surface area contributed by atoms with Crippen LogP contribution >= 0.6 is 0 Å². The molecule has 0 N–H and O–H groups in total. The van der Waals surface area contributed by atoms with E-state index in [2.05, 4.69) is 16.7 Å². The van der Waals surface area contributed by atoms with E-state index < -0.39 is 0 Å². The van der Waals surface area contributed by atoms with Crippen LogP contribution in [0, 0.1) is 5.82 Å². The first-order valence-corrected chi connectivity index (χ1v) is 7.99. The van der Waals surface area contributed by atoms with Crippen molar-refractivity contribution in [3.63, 3.8) is 0 Å². The number of hydrogen-bond acceptors (Lipinski definition) is 2. The zero-order valence-corrected chi connectivity index (χ0v) is 12.4. The van der Waals surface area contributed by atoms with Gasteiger partial charge in [0, 0.05) is 31.7 Å². The van der Waals surface area contributed by atoms with Gasteiger partial charge in [-0.3, -0.25) is 9.80 Å². The highest BCUT2D eigenvalue weighted by Crippen LogP contribution is 2.26. The molecule has 2 aliphatic heterocycles. The molecule has 0 bridgehead atoms. The number of benzene rings is 1. The van der Waals surface area contributed by atoms with Crippen molar-refractivity contribution in [2.24, 2.45) is 0 Å². The minimum atomic E-state index is -0.0555. The molecule has 3 rings (SSSR count). The van der Waals surface area contributed by atoms with Gasteiger partial charge in [0.2, 0.25) is 0 Å². The Balaban J connectivity index is 1.62. The van der Waals surface area contributed by atoms with Gasteiger partial charge in [0.15, 0.2) is 0 Å². The molecule has 2 nitrogen and oxygen atoms in total. The quantitative estimate of drug-likeness (QED) is 0.834. The Labute approximate surface area is 121 Å². The van der Waals surface area contributed by atoms with Gasteiger partial charge in [-0.05, 0) is 43.9 Å². The average Bonchev–Trinajstić information content (AvgIpc) is 2.92. The van der Waals surface area contributed by atoms with Crippen LogP contribution in [0.5, 0.6) is 0 Å². The number of fused-ring (bicyclic) bond motifs is 1. The summed E-state index contributed by atoms with van der Waals surface area (Å²) in [5.41, 5.74) is 0.858. The van der Waals surface area contributed by atoms with Crippen LogP contribution < -0.4 is 0 Å². The van der Waals surface area contributed by atoms with Crippen LogP contribution in [0.15, 0.2) is 24.3 Å². The third kappa shape index (κ3) is 2.89. The molecule has 0 saturated carbocycles. The van der Waals surface area contributed by atoms with Crippen LogP contribution in [-0.4, -0.2) is 48.1 Å². The summed E-state index contributed by atoms with van der Waals surface area (Å²) in [7, 11) is 0. The predicted octanol–water partition coefficient (Wildman–Crippen LogP) is 2.93. The number of nitrogens with zero attached hydrogens (tertiary/aromatic N) is 2. The van der Waals surface area contributed by atoms with Crippen LogP contribution in [-0.2, 0) is 6.42 Å². The van der Waals surface area contributed by atoms with Crippen molar-refractivity contribution in [1.29, 1.82) is 0 Å². The van der Waals surface area contributed by atoms with Crippen molar-refractivity contribution < 1.29 is 4.39 Å². The largest absolute Gasteiger partial charge is 0.298 e. The van der Waals surface area contributed by atoms with E-state index in [-0.39, 0.29) is 5.82 Å². The molecule has 1 aromatic carbocycles. The van der Waals surface area contributed by atoms with E-state index in [1.54, 1.807) is 12.1 Å². The first-order valence-electron chi connectivity index (χ1n) is 7.99. The Morgan fingerprint density at radius 2 is 2.10 bits per heavy atom. The highest BCUT2D eigenvalue weighted by Gasteiger charge is 2.35. The van der Waals surface area contributed by atoms with Crippen molar-refractivity contribution in [3.05, 3.63) is 35.6 Å². The maximum Gasteiger partial charge on any atom is 0.126 e. The molecule has 0 radical (unpaired) electrons. The Morgan fingerprint density at radius 1 is 1.25 bits per heavy atom. The monoisotopic (exact) mass is 276 g/mol. The summed E-state index contributed by atoms with van der Waals surface area (Å²) < 4.78 is 13.7. The molecular formula is C17H25FN2. The summed E-state index contributed by atoms with van der Waals surface area (Å²) in [5, 5.41) is 0. The maximum atomic E-state index is 13.7. The zero-order valence-electron chi connectivity index (χ0n) is 12.4. The Morgan fingerprint density at radius 3 is 2.90 bits per heavy atom. The van der Waals surface area contributed by atoms with Gasteiger partial charge in [-0.1, -0.05) is 25.1 Å². The highest BCUT2D eigenvalue weighted by atomic mass is 19.1. The molecule has 2 saturated heterocycles. The van der Waals surface area contributed by atoms with Gasteiger partial charge in [-0.25, -0.2) is 4.39 Å². The molecule has 110 valence electrons. The molecule has 2 heterocycles. The van der Waals surface area contributed by atoms with E-state index in [0.717, 1.165) is 24.6 Å². The highest BCUT2D eigenvalue weighted by molar-refractivity contribution is 5.17. The Kier molecular flexibility index (Phi) is 4.37. The van der Waals surface area contributed by atoms with Crippen LogP contribution in [0.3, 0.4) is 0 Å². The number of rotatable bonds is 4. The fourth-order valence-electron chi connectivity index (χ4n) is 3.77. The summed E-state index contributed by atoms with van der Waals surface area (Å²) >= 11 is 0. The van der Waals surface area contributed by atoms with Crippen molar-refractivity contribution in [2.75, 3.05) is 26.2 Å². The first-order chi connectivity index (χ1) is 9.78. The molecule has 1 aromatic rings. The van der Waals surface area contributed by atoms with Crippen molar-refractivity contribution in [3.8, 4) is 0 Å². The van der Waals surface area contributed by atoms with E-state index in [9.17, 15) is 4.39 Å². The van der Waals surface area contributed by atoms with Crippen molar-refractivity contribution >= 4 is 0 Å². The summed E-state index contributed by atoms with van der Waals surface area (Å²) in [6, 6.07) is 8.59. The number of piperazine rings is 1. The van der Waals surface area contributed by atoms with E-state index in [1.165, 1.54) is 38.9 Å². The number of hydrogen-bond donors (Lipinski definition) is 0. The van der Waals surface area contributed by atoms with Gasteiger partial charge in [-0.2, -0.15) is 0 Å². The second-order valence-corrected chi connectivity index (χ2v) is 6.19. The third-order valence-corrected chi connectivity index (χ3v) is 5.00. The lowest BCUT2D eigenvalue weighted by Crippen LogP contribution is -2.56. The smallest absolute Gasteiger partial charge is 0.126 e. The Hall–Kier alpha value is -0.930. The van der Waals surface area contributed by atoms with E-state index in [0.29, 0.717) is 6.04 Å². The maximum absolute atomic E-state index is 13.7. The van der Waals surface area contributed by atoms with Gasteiger partial charge in [0.25, 0.3) is 0 Å². The van der Waals surface area contributed by atoms with Crippen LogP contribution in [0.4, 0.5) is 4.39 Å². The lowest BCUT2D eigenvalue weighted by molar-refractivity contribution is 0.0500. The molecule has 2 unspecified atom stereocenters. The topological polar surface area (TPSA) is 6.48 Å². The minimum absolute atomic E-state index is 0.0555. The number of halogens is 1. The van der Waals surface area contributed by atoms with Crippen molar-refractivity contribution in [1.82, 2.24) is 9.80 Å². The molecule has 0 aliphatic carbocycles. The summed E-state index contributed by atoms with van der Waals surface area (Å²) in [6.07, 6.45) is 4.71. The van der Waals surface area contributed by atoms with E-state index in [1.807, 2.05) is 12.1 Å².